The van der Waals surface area contributed by atoms with Crippen LogP contribution in [0.1, 0.15) is 36.6 Å². The third-order valence-corrected chi connectivity index (χ3v) is 6.61. The topological polar surface area (TPSA) is 29.5 Å². The first-order valence-electron chi connectivity index (χ1n) is 8.86. The van der Waals surface area contributed by atoms with E-state index in [1.807, 2.05) is 16.3 Å². The number of hydrogen-bond acceptors (Lipinski definition) is 3. The zero-order valence-electron chi connectivity index (χ0n) is 14.3. The van der Waals surface area contributed by atoms with Gasteiger partial charge < -0.3 is 9.64 Å². The van der Waals surface area contributed by atoms with Gasteiger partial charge in [0.1, 0.15) is 5.82 Å². The van der Waals surface area contributed by atoms with Crippen LogP contribution in [0.25, 0.3) is 0 Å². The molecule has 3 nitrogen and oxygen atoms in total. The van der Waals surface area contributed by atoms with Gasteiger partial charge in [-0.3, -0.25) is 4.79 Å². The molecule has 0 aliphatic carbocycles. The number of hydrogen-bond donors (Lipinski definition) is 0. The van der Waals surface area contributed by atoms with E-state index in [1.165, 1.54) is 6.07 Å². The van der Waals surface area contributed by atoms with Crippen molar-refractivity contribution in [2.45, 2.75) is 44.1 Å². The van der Waals surface area contributed by atoms with E-state index in [1.54, 1.807) is 23.5 Å². The van der Waals surface area contributed by atoms with Crippen molar-refractivity contribution in [2.24, 2.45) is 0 Å². The van der Waals surface area contributed by atoms with Crippen LogP contribution in [0.4, 0.5) is 10.1 Å². The molecule has 1 aromatic carbocycles. The number of anilines is 1. The molecule has 0 radical (unpaired) electrons. The second-order valence-corrected chi connectivity index (χ2v) is 7.96. The number of aryl methyl sites for hydroxylation is 1. The van der Waals surface area contributed by atoms with Crippen molar-refractivity contribution in [1.29, 1.82) is 0 Å². The average Bonchev–Trinajstić information content (AvgIpc) is 3.17. The Morgan fingerprint density at radius 3 is 2.84 bits per heavy atom. The van der Waals surface area contributed by atoms with E-state index in [4.69, 9.17) is 4.74 Å². The summed E-state index contributed by atoms with van der Waals surface area (Å²) in [5, 5.41) is 2.03. The lowest BCUT2D eigenvalue weighted by molar-refractivity contribution is -0.128. The number of rotatable bonds is 2. The van der Waals surface area contributed by atoms with Crippen LogP contribution >= 0.6 is 11.3 Å². The van der Waals surface area contributed by atoms with Gasteiger partial charge in [0.2, 0.25) is 5.91 Å². The molecule has 1 fully saturated rings. The van der Waals surface area contributed by atoms with Gasteiger partial charge in [-0.2, -0.15) is 0 Å². The number of halogens is 1. The molecule has 1 amide bonds. The van der Waals surface area contributed by atoms with E-state index in [0.717, 1.165) is 29.0 Å². The van der Waals surface area contributed by atoms with Crippen molar-refractivity contribution in [1.82, 2.24) is 0 Å². The Kier molecular flexibility index (Phi) is 4.38. The zero-order valence-corrected chi connectivity index (χ0v) is 15.2. The van der Waals surface area contributed by atoms with E-state index in [2.05, 4.69) is 13.0 Å². The quantitative estimate of drug-likeness (QED) is 0.800. The highest BCUT2D eigenvalue weighted by Crippen LogP contribution is 2.42. The van der Waals surface area contributed by atoms with Gasteiger partial charge in [-0.05, 0) is 67.8 Å². The molecule has 132 valence electrons. The monoisotopic (exact) mass is 359 g/mol. The van der Waals surface area contributed by atoms with Crippen LogP contribution in [-0.4, -0.2) is 25.2 Å². The highest BCUT2D eigenvalue weighted by molar-refractivity contribution is 7.10. The number of benzene rings is 1. The predicted molar refractivity (Wildman–Crippen MR) is 97.7 cm³/mol. The summed E-state index contributed by atoms with van der Waals surface area (Å²) in [6.45, 7) is 3.29. The lowest BCUT2D eigenvalue weighted by atomic mass is 9.76. The fraction of sp³-hybridized carbons (Fsp3) is 0.450. The number of ether oxygens (including phenoxy) is 1. The summed E-state index contributed by atoms with van der Waals surface area (Å²) in [6.07, 6.45) is 3.07. The second kappa shape index (κ2) is 6.54. The lowest BCUT2D eigenvalue weighted by Crippen LogP contribution is -2.54. The standard InChI is InChI=1S/C20H22FNO2S/c1-14-4-5-15-13-16(21)6-7-17(15)22(14)19(23)20(8-10-24-11-9-20)18-3-2-12-25-18/h2-3,6-7,12-14H,4-5,8-11H2,1H3/t14-/m0/s1. The van der Waals surface area contributed by atoms with Crippen molar-refractivity contribution in [3.8, 4) is 0 Å². The highest BCUT2D eigenvalue weighted by Gasteiger charge is 2.47. The molecule has 0 unspecified atom stereocenters. The van der Waals surface area contributed by atoms with E-state index >= 15 is 0 Å². The van der Waals surface area contributed by atoms with Crippen LogP contribution in [0, 0.1) is 5.82 Å². The molecule has 0 spiro atoms. The molecule has 1 atom stereocenters. The number of thiophene rings is 1. The lowest BCUT2D eigenvalue weighted by Gasteiger charge is -2.43. The number of nitrogens with zero attached hydrogens (tertiary/aromatic N) is 1. The Bertz CT molecular complexity index is 768. The maximum Gasteiger partial charge on any atom is 0.238 e. The van der Waals surface area contributed by atoms with Crippen molar-refractivity contribution < 1.29 is 13.9 Å². The fourth-order valence-corrected chi connectivity index (χ4v) is 5.07. The minimum atomic E-state index is -0.524. The Labute approximate surface area is 151 Å². The van der Waals surface area contributed by atoms with Crippen molar-refractivity contribution in [3.05, 3.63) is 52.0 Å². The third-order valence-electron chi connectivity index (χ3n) is 5.54. The SMILES string of the molecule is C[C@H]1CCc2cc(F)ccc2N1C(=O)C1(c2cccs2)CCOCC1. The number of amides is 1. The van der Waals surface area contributed by atoms with E-state index < -0.39 is 5.41 Å². The minimum Gasteiger partial charge on any atom is -0.381 e. The van der Waals surface area contributed by atoms with Gasteiger partial charge in [0.25, 0.3) is 0 Å². The predicted octanol–water partition coefficient (Wildman–Crippen LogP) is 4.30. The molecule has 1 aromatic heterocycles. The first-order chi connectivity index (χ1) is 12.1. The van der Waals surface area contributed by atoms with Crippen LogP contribution < -0.4 is 4.90 Å². The number of carbonyl (C=O) groups excluding carboxylic acids is 1. The van der Waals surface area contributed by atoms with Crippen LogP contribution in [0.2, 0.25) is 0 Å². The second-order valence-electron chi connectivity index (χ2n) is 7.01. The van der Waals surface area contributed by atoms with Gasteiger partial charge in [-0.15, -0.1) is 11.3 Å². The highest BCUT2D eigenvalue weighted by atomic mass is 32.1. The van der Waals surface area contributed by atoms with Crippen LogP contribution in [0.3, 0.4) is 0 Å². The van der Waals surface area contributed by atoms with Gasteiger partial charge in [0.05, 0.1) is 5.41 Å². The molecule has 0 saturated carbocycles. The normalized spacial score (nSPS) is 22.5. The van der Waals surface area contributed by atoms with Gasteiger partial charge in [-0.25, -0.2) is 4.39 Å². The molecular weight excluding hydrogens is 337 g/mol. The van der Waals surface area contributed by atoms with Crippen LogP contribution in [-0.2, 0) is 21.4 Å². The maximum absolute atomic E-state index is 13.8. The molecule has 5 heteroatoms. The zero-order chi connectivity index (χ0) is 17.4. The van der Waals surface area contributed by atoms with Gasteiger partial charge in [0, 0.05) is 29.8 Å². The molecule has 0 bridgehead atoms. The van der Waals surface area contributed by atoms with E-state index in [-0.39, 0.29) is 17.8 Å². The summed E-state index contributed by atoms with van der Waals surface area (Å²) < 4.78 is 19.2. The first kappa shape index (κ1) is 16.7. The molecular formula is C20H22FNO2S. The van der Waals surface area contributed by atoms with Gasteiger partial charge >= 0.3 is 0 Å². The Hall–Kier alpha value is -1.72. The molecule has 3 heterocycles. The molecule has 1 saturated heterocycles. The summed E-state index contributed by atoms with van der Waals surface area (Å²) in [7, 11) is 0. The third kappa shape index (κ3) is 2.79. The fourth-order valence-electron chi connectivity index (χ4n) is 4.10. The summed E-state index contributed by atoms with van der Waals surface area (Å²) in [5.74, 6) is -0.0990. The van der Waals surface area contributed by atoms with Gasteiger partial charge in [-0.1, -0.05) is 6.07 Å². The van der Waals surface area contributed by atoms with E-state index in [9.17, 15) is 9.18 Å². The van der Waals surface area contributed by atoms with Gasteiger partial charge in [0.15, 0.2) is 0 Å². The Balaban J connectivity index is 1.78. The summed E-state index contributed by atoms with van der Waals surface area (Å²) in [5.41, 5.74) is 1.27. The molecule has 4 rings (SSSR count). The summed E-state index contributed by atoms with van der Waals surface area (Å²) >= 11 is 1.64. The van der Waals surface area contributed by atoms with Crippen LogP contribution in [0.15, 0.2) is 35.7 Å². The average molecular weight is 359 g/mol. The Morgan fingerprint density at radius 2 is 2.12 bits per heavy atom. The number of carbonyl (C=O) groups is 1. The number of fused-ring (bicyclic) bond motifs is 1. The van der Waals surface area contributed by atoms with Crippen molar-refractivity contribution >= 4 is 22.9 Å². The molecule has 2 aromatic rings. The largest absolute Gasteiger partial charge is 0.381 e. The molecule has 25 heavy (non-hydrogen) atoms. The Morgan fingerprint density at radius 1 is 1.32 bits per heavy atom. The summed E-state index contributed by atoms with van der Waals surface area (Å²) in [4.78, 5) is 16.8. The maximum atomic E-state index is 13.8. The molecule has 2 aliphatic rings. The molecule has 0 N–H and O–H groups in total. The van der Waals surface area contributed by atoms with Crippen molar-refractivity contribution in [3.63, 3.8) is 0 Å². The smallest absolute Gasteiger partial charge is 0.238 e. The minimum absolute atomic E-state index is 0.116. The van der Waals surface area contributed by atoms with E-state index in [0.29, 0.717) is 26.1 Å². The van der Waals surface area contributed by atoms with Crippen molar-refractivity contribution in [2.75, 3.05) is 18.1 Å². The van der Waals surface area contributed by atoms with Crippen LogP contribution in [0.5, 0.6) is 0 Å². The summed E-state index contributed by atoms with van der Waals surface area (Å²) in [6, 6.07) is 8.98. The molecule has 2 aliphatic heterocycles. The first-order valence-corrected chi connectivity index (χ1v) is 9.73.